The molecule has 1 fully saturated rings. The highest BCUT2D eigenvalue weighted by Crippen LogP contribution is 2.28. The van der Waals surface area contributed by atoms with Crippen molar-refractivity contribution < 1.29 is 4.79 Å². The molecule has 2 aromatic rings. The summed E-state index contributed by atoms with van der Waals surface area (Å²) >= 11 is 6.07. The van der Waals surface area contributed by atoms with Crippen LogP contribution in [0.15, 0.2) is 30.5 Å². The molecule has 1 atom stereocenters. The molecule has 1 heterocycles. The number of benzene rings is 1. The first-order valence-electron chi connectivity index (χ1n) is 9.65. The Labute approximate surface area is 160 Å². The largest absolute Gasteiger partial charge is 0.382 e. The SMILES string of the molecule is CCC(C)CC(=O)NC1CCC(Nc2ccnc3cc(Cl)ccc23)CC1. The highest BCUT2D eigenvalue weighted by Gasteiger charge is 2.23. The van der Waals surface area contributed by atoms with Gasteiger partial charge in [-0.05, 0) is 55.9 Å². The normalized spacial score (nSPS) is 21.3. The molecule has 2 N–H and O–H groups in total. The quantitative estimate of drug-likeness (QED) is 0.734. The molecule has 0 aliphatic heterocycles. The van der Waals surface area contributed by atoms with Crippen LogP contribution in [0.25, 0.3) is 10.9 Å². The van der Waals surface area contributed by atoms with Gasteiger partial charge in [-0.3, -0.25) is 9.78 Å². The number of aromatic nitrogens is 1. The molecule has 0 saturated heterocycles. The highest BCUT2D eigenvalue weighted by molar-refractivity contribution is 6.31. The van der Waals surface area contributed by atoms with Crippen molar-refractivity contribution in [3.8, 4) is 0 Å². The molecule has 0 radical (unpaired) electrons. The van der Waals surface area contributed by atoms with Gasteiger partial charge in [0.05, 0.1) is 5.52 Å². The van der Waals surface area contributed by atoms with Crippen LogP contribution in [0.5, 0.6) is 0 Å². The van der Waals surface area contributed by atoms with E-state index < -0.39 is 0 Å². The van der Waals surface area contributed by atoms with Gasteiger partial charge in [-0.15, -0.1) is 0 Å². The van der Waals surface area contributed by atoms with Crippen molar-refractivity contribution >= 4 is 34.1 Å². The van der Waals surface area contributed by atoms with Crippen molar-refractivity contribution in [2.75, 3.05) is 5.32 Å². The van der Waals surface area contributed by atoms with E-state index in [1.807, 2.05) is 30.5 Å². The molecule has 4 nitrogen and oxygen atoms in total. The van der Waals surface area contributed by atoms with Crippen LogP contribution in [0.2, 0.25) is 5.02 Å². The van der Waals surface area contributed by atoms with Crippen LogP contribution in [0, 0.1) is 5.92 Å². The predicted octanol–water partition coefficient (Wildman–Crippen LogP) is 5.16. The van der Waals surface area contributed by atoms with Crippen molar-refractivity contribution in [1.29, 1.82) is 0 Å². The minimum atomic E-state index is 0.202. The van der Waals surface area contributed by atoms with Crippen molar-refractivity contribution in [2.45, 2.75) is 64.5 Å². The fourth-order valence-corrected chi connectivity index (χ4v) is 3.76. The Balaban J connectivity index is 1.54. The minimum absolute atomic E-state index is 0.202. The van der Waals surface area contributed by atoms with E-state index in [0.717, 1.165) is 48.7 Å². The Morgan fingerprint density at radius 2 is 1.96 bits per heavy atom. The van der Waals surface area contributed by atoms with Gasteiger partial charge >= 0.3 is 0 Å². The Hall–Kier alpha value is -1.81. The summed E-state index contributed by atoms with van der Waals surface area (Å²) < 4.78 is 0. The summed E-state index contributed by atoms with van der Waals surface area (Å²) in [6.07, 6.45) is 7.69. The first kappa shape index (κ1) is 19.0. The zero-order valence-electron chi connectivity index (χ0n) is 15.6. The maximum atomic E-state index is 12.1. The second-order valence-electron chi connectivity index (χ2n) is 7.50. The van der Waals surface area contributed by atoms with Crippen LogP contribution in [0.3, 0.4) is 0 Å². The summed E-state index contributed by atoms with van der Waals surface area (Å²) in [4.78, 5) is 16.5. The average Bonchev–Trinajstić information content (AvgIpc) is 2.63. The van der Waals surface area contributed by atoms with Gasteiger partial charge in [0.15, 0.2) is 0 Å². The van der Waals surface area contributed by atoms with E-state index in [1.54, 1.807) is 0 Å². The smallest absolute Gasteiger partial charge is 0.220 e. The average molecular weight is 374 g/mol. The number of fused-ring (bicyclic) bond motifs is 1. The Morgan fingerprint density at radius 1 is 1.23 bits per heavy atom. The van der Waals surface area contributed by atoms with Crippen molar-refractivity contribution in [3.05, 3.63) is 35.5 Å². The first-order valence-corrected chi connectivity index (χ1v) is 10.0. The monoisotopic (exact) mass is 373 g/mol. The van der Waals surface area contributed by atoms with Gasteiger partial charge in [0.2, 0.25) is 5.91 Å². The molecule has 1 aliphatic carbocycles. The van der Waals surface area contributed by atoms with E-state index in [0.29, 0.717) is 29.4 Å². The molecule has 26 heavy (non-hydrogen) atoms. The predicted molar refractivity (Wildman–Crippen MR) is 109 cm³/mol. The second kappa shape index (κ2) is 8.72. The summed E-state index contributed by atoms with van der Waals surface area (Å²) in [7, 11) is 0. The third-order valence-corrected chi connectivity index (χ3v) is 5.62. The van der Waals surface area contributed by atoms with Crippen LogP contribution in [-0.4, -0.2) is 23.0 Å². The number of hydrogen-bond donors (Lipinski definition) is 2. The van der Waals surface area contributed by atoms with E-state index in [1.165, 1.54) is 0 Å². The topological polar surface area (TPSA) is 54.0 Å². The fourth-order valence-electron chi connectivity index (χ4n) is 3.60. The van der Waals surface area contributed by atoms with Crippen molar-refractivity contribution in [1.82, 2.24) is 10.3 Å². The van der Waals surface area contributed by atoms with E-state index in [2.05, 4.69) is 29.5 Å². The number of carbonyl (C=O) groups is 1. The zero-order chi connectivity index (χ0) is 18.5. The minimum Gasteiger partial charge on any atom is -0.382 e. The van der Waals surface area contributed by atoms with Gasteiger partial charge in [0.1, 0.15) is 0 Å². The molecule has 1 unspecified atom stereocenters. The van der Waals surface area contributed by atoms with Crippen LogP contribution in [0.4, 0.5) is 5.69 Å². The zero-order valence-corrected chi connectivity index (χ0v) is 16.4. The fraction of sp³-hybridized carbons (Fsp3) is 0.524. The third-order valence-electron chi connectivity index (χ3n) is 5.39. The molecule has 5 heteroatoms. The summed E-state index contributed by atoms with van der Waals surface area (Å²) in [5.74, 6) is 0.661. The van der Waals surface area contributed by atoms with Gasteiger partial charge in [-0.2, -0.15) is 0 Å². The van der Waals surface area contributed by atoms with E-state index in [9.17, 15) is 4.79 Å². The number of amides is 1. The Kier molecular flexibility index (Phi) is 6.36. The van der Waals surface area contributed by atoms with Gasteiger partial charge in [0.25, 0.3) is 0 Å². The molecule has 1 aliphatic rings. The molecule has 1 saturated carbocycles. The maximum absolute atomic E-state index is 12.1. The molecule has 1 amide bonds. The van der Waals surface area contributed by atoms with E-state index >= 15 is 0 Å². The highest BCUT2D eigenvalue weighted by atomic mass is 35.5. The van der Waals surface area contributed by atoms with Crippen LogP contribution < -0.4 is 10.6 Å². The molecule has 140 valence electrons. The summed E-state index contributed by atoms with van der Waals surface area (Å²) in [5.41, 5.74) is 2.02. The van der Waals surface area contributed by atoms with Gasteiger partial charge < -0.3 is 10.6 Å². The van der Waals surface area contributed by atoms with Gasteiger partial charge in [0, 0.05) is 40.8 Å². The molecule has 0 spiro atoms. The Bertz CT molecular complexity index is 756. The summed E-state index contributed by atoms with van der Waals surface area (Å²) in [6, 6.07) is 8.59. The molecule has 0 bridgehead atoms. The van der Waals surface area contributed by atoms with Crippen LogP contribution in [0.1, 0.15) is 52.4 Å². The van der Waals surface area contributed by atoms with Gasteiger partial charge in [-0.1, -0.05) is 31.9 Å². The second-order valence-corrected chi connectivity index (χ2v) is 7.93. The third kappa shape index (κ3) is 4.88. The number of pyridine rings is 1. The van der Waals surface area contributed by atoms with Crippen molar-refractivity contribution in [3.63, 3.8) is 0 Å². The molecule has 3 rings (SSSR count). The lowest BCUT2D eigenvalue weighted by Crippen LogP contribution is -2.40. The summed E-state index contributed by atoms with van der Waals surface area (Å²) in [5, 5.41) is 8.68. The van der Waals surface area contributed by atoms with Crippen LogP contribution in [-0.2, 0) is 4.79 Å². The lowest BCUT2D eigenvalue weighted by Gasteiger charge is -2.30. The number of anilines is 1. The van der Waals surface area contributed by atoms with E-state index in [-0.39, 0.29) is 5.91 Å². The molecule has 1 aromatic carbocycles. The lowest BCUT2D eigenvalue weighted by molar-refractivity contribution is -0.122. The molecule has 1 aromatic heterocycles. The number of carbonyl (C=O) groups excluding carboxylic acids is 1. The van der Waals surface area contributed by atoms with E-state index in [4.69, 9.17) is 11.6 Å². The van der Waals surface area contributed by atoms with Crippen LogP contribution >= 0.6 is 11.6 Å². The number of halogens is 1. The molecular weight excluding hydrogens is 346 g/mol. The number of nitrogens with zero attached hydrogens (tertiary/aromatic N) is 1. The summed E-state index contributed by atoms with van der Waals surface area (Å²) in [6.45, 7) is 4.26. The van der Waals surface area contributed by atoms with Gasteiger partial charge in [-0.25, -0.2) is 0 Å². The lowest BCUT2D eigenvalue weighted by atomic mass is 9.90. The van der Waals surface area contributed by atoms with Crippen molar-refractivity contribution in [2.24, 2.45) is 5.92 Å². The number of hydrogen-bond acceptors (Lipinski definition) is 3. The Morgan fingerprint density at radius 3 is 2.69 bits per heavy atom. The number of nitrogens with one attached hydrogen (secondary N) is 2. The first-order chi connectivity index (χ1) is 12.5. The standard InChI is InChI=1S/C21H28ClN3O/c1-3-14(2)12-21(26)25-17-7-5-16(6-8-17)24-19-10-11-23-20-13-15(22)4-9-18(19)20/h4,9-11,13-14,16-17H,3,5-8,12H2,1-2H3,(H,23,24)(H,25,26). The number of rotatable bonds is 6. The molecular formula is C21H28ClN3O. The maximum Gasteiger partial charge on any atom is 0.220 e.